The van der Waals surface area contributed by atoms with Crippen LogP contribution in [0.4, 0.5) is 8.78 Å². The smallest absolute Gasteiger partial charge is 0.153 e. The molecule has 0 spiro atoms. The van der Waals surface area contributed by atoms with Crippen LogP contribution in [0.5, 0.6) is 11.5 Å². The fraction of sp³-hybridized carbons (Fsp3) is 0.0833. The van der Waals surface area contributed by atoms with Gasteiger partial charge in [-0.15, -0.1) is 0 Å². The zero-order valence-electron chi connectivity index (χ0n) is 8.95. The fourth-order valence-corrected chi connectivity index (χ4v) is 1.44. The lowest BCUT2D eigenvalue weighted by atomic mass is 10.1. The first-order valence-electron chi connectivity index (χ1n) is 4.80. The summed E-state index contributed by atoms with van der Waals surface area (Å²) in [7, 11) is 1.41. The summed E-state index contributed by atoms with van der Waals surface area (Å²) in [5, 5.41) is 9.02. The molecular formula is C12H9F2NO2. The molecule has 0 bridgehead atoms. The van der Waals surface area contributed by atoms with Gasteiger partial charge in [0.1, 0.15) is 23.0 Å². The molecule has 1 aromatic carbocycles. The Morgan fingerprint density at radius 2 is 1.94 bits per heavy atom. The van der Waals surface area contributed by atoms with E-state index in [4.69, 9.17) is 9.84 Å². The molecule has 3 nitrogen and oxygen atoms in total. The molecule has 1 aromatic heterocycles. The van der Waals surface area contributed by atoms with Crippen molar-refractivity contribution in [3.63, 3.8) is 0 Å². The van der Waals surface area contributed by atoms with Gasteiger partial charge < -0.3 is 9.84 Å². The summed E-state index contributed by atoms with van der Waals surface area (Å²) in [6, 6.07) is 4.90. The predicted octanol–water partition coefficient (Wildman–Crippen LogP) is 2.74. The Morgan fingerprint density at radius 3 is 2.53 bits per heavy atom. The van der Waals surface area contributed by atoms with Crippen molar-refractivity contribution in [2.75, 3.05) is 7.11 Å². The third kappa shape index (κ3) is 2.18. The van der Waals surface area contributed by atoms with Crippen LogP contribution >= 0.6 is 0 Å². The first-order valence-corrected chi connectivity index (χ1v) is 4.80. The summed E-state index contributed by atoms with van der Waals surface area (Å²) < 4.78 is 32.0. The Bertz CT molecular complexity index is 558. The molecule has 0 aliphatic rings. The molecule has 0 saturated carbocycles. The van der Waals surface area contributed by atoms with Gasteiger partial charge in [-0.3, -0.25) is 0 Å². The Morgan fingerprint density at radius 1 is 1.18 bits per heavy atom. The van der Waals surface area contributed by atoms with Gasteiger partial charge in [0.05, 0.1) is 13.3 Å². The highest BCUT2D eigenvalue weighted by molar-refractivity contribution is 5.62. The Labute approximate surface area is 96.3 Å². The van der Waals surface area contributed by atoms with E-state index < -0.39 is 11.6 Å². The summed E-state index contributed by atoms with van der Waals surface area (Å²) in [5.41, 5.74) is -0.133. The number of rotatable bonds is 2. The van der Waals surface area contributed by atoms with Crippen LogP contribution in [0.1, 0.15) is 0 Å². The standard InChI is InChI=1S/C12H9F2NO2/c1-17-8-2-3-9(10(13)5-8)12-11(14)4-7(16)6-15-12/h2-6,16H,1H3. The van der Waals surface area contributed by atoms with E-state index in [9.17, 15) is 8.78 Å². The summed E-state index contributed by atoms with van der Waals surface area (Å²) in [4.78, 5) is 3.66. The predicted molar refractivity (Wildman–Crippen MR) is 57.8 cm³/mol. The SMILES string of the molecule is COc1ccc(-c2ncc(O)cc2F)c(F)c1. The van der Waals surface area contributed by atoms with Gasteiger partial charge in [-0.1, -0.05) is 0 Å². The molecule has 0 radical (unpaired) electrons. The van der Waals surface area contributed by atoms with Gasteiger partial charge in [-0.25, -0.2) is 13.8 Å². The minimum absolute atomic E-state index is 0.0169. The number of hydrogen-bond donors (Lipinski definition) is 1. The van der Waals surface area contributed by atoms with Crippen LogP contribution in [0.25, 0.3) is 11.3 Å². The molecule has 0 aliphatic carbocycles. The topological polar surface area (TPSA) is 42.4 Å². The first-order chi connectivity index (χ1) is 8.11. The van der Waals surface area contributed by atoms with Crippen molar-refractivity contribution in [1.29, 1.82) is 0 Å². The average Bonchev–Trinajstić information content (AvgIpc) is 2.30. The van der Waals surface area contributed by atoms with Crippen LogP contribution in [-0.2, 0) is 0 Å². The highest BCUT2D eigenvalue weighted by Crippen LogP contribution is 2.27. The van der Waals surface area contributed by atoms with Gasteiger partial charge >= 0.3 is 0 Å². The largest absolute Gasteiger partial charge is 0.506 e. The van der Waals surface area contributed by atoms with E-state index in [0.717, 1.165) is 18.3 Å². The average molecular weight is 237 g/mol. The number of hydrogen-bond acceptors (Lipinski definition) is 3. The maximum absolute atomic E-state index is 13.7. The van der Waals surface area contributed by atoms with E-state index in [2.05, 4.69) is 4.98 Å². The number of ether oxygens (including phenoxy) is 1. The molecule has 1 N–H and O–H groups in total. The molecule has 17 heavy (non-hydrogen) atoms. The highest BCUT2D eigenvalue weighted by Gasteiger charge is 2.13. The normalized spacial score (nSPS) is 10.3. The third-order valence-electron chi connectivity index (χ3n) is 2.26. The van der Waals surface area contributed by atoms with Gasteiger partial charge in [0, 0.05) is 17.7 Å². The Hall–Kier alpha value is -2.17. The molecule has 1 heterocycles. The van der Waals surface area contributed by atoms with Crippen LogP contribution in [0, 0.1) is 11.6 Å². The first kappa shape index (κ1) is 11.3. The minimum atomic E-state index is -0.783. The van der Waals surface area contributed by atoms with Crippen LogP contribution < -0.4 is 4.74 Å². The molecule has 0 fully saturated rings. The van der Waals surface area contributed by atoms with Crippen molar-refractivity contribution in [2.24, 2.45) is 0 Å². The summed E-state index contributed by atoms with van der Waals surface area (Å²) in [5.74, 6) is -1.39. The van der Waals surface area contributed by atoms with E-state index in [0.29, 0.717) is 5.75 Å². The Kier molecular flexibility index (Phi) is 2.91. The number of pyridine rings is 1. The van der Waals surface area contributed by atoms with E-state index in [1.54, 1.807) is 0 Å². The molecule has 5 heteroatoms. The lowest BCUT2D eigenvalue weighted by Gasteiger charge is -2.06. The van der Waals surface area contributed by atoms with Crippen molar-refractivity contribution < 1.29 is 18.6 Å². The van der Waals surface area contributed by atoms with E-state index in [-0.39, 0.29) is 17.0 Å². The van der Waals surface area contributed by atoms with Crippen molar-refractivity contribution in [2.45, 2.75) is 0 Å². The zero-order chi connectivity index (χ0) is 12.4. The number of nitrogens with zero attached hydrogens (tertiary/aromatic N) is 1. The lowest BCUT2D eigenvalue weighted by Crippen LogP contribution is -1.93. The molecule has 0 saturated heterocycles. The number of benzene rings is 1. The molecule has 0 aliphatic heterocycles. The highest BCUT2D eigenvalue weighted by atomic mass is 19.1. The molecule has 0 atom stereocenters. The van der Waals surface area contributed by atoms with Gasteiger partial charge in [-0.2, -0.15) is 0 Å². The summed E-state index contributed by atoms with van der Waals surface area (Å²) in [6.45, 7) is 0. The Balaban J connectivity index is 2.53. The minimum Gasteiger partial charge on any atom is -0.506 e. The van der Waals surface area contributed by atoms with Gasteiger partial charge in [0.2, 0.25) is 0 Å². The molecular weight excluding hydrogens is 228 g/mol. The molecule has 88 valence electrons. The van der Waals surface area contributed by atoms with Crippen LogP contribution in [0.2, 0.25) is 0 Å². The fourth-order valence-electron chi connectivity index (χ4n) is 1.44. The molecule has 2 rings (SSSR count). The number of methoxy groups -OCH3 is 1. The summed E-state index contributed by atoms with van der Waals surface area (Å²) >= 11 is 0. The van der Waals surface area contributed by atoms with Crippen LogP contribution in [0.15, 0.2) is 30.5 Å². The second kappa shape index (κ2) is 4.37. The molecule has 0 unspecified atom stereocenters. The molecule has 2 aromatic rings. The quantitative estimate of drug-likeness (QED) is 0.873. The second-order valence-corrected chi connectivity index (χ2v) is 3.37. The summed E-state index contributed by atoms with van der Waals surface area (Å²) in [6.07, 6.45) is 1.06. The van der Waals surface area contributed by atoms with E-state index >= 15 is 0 Å². The van der Waals surface area contributed by atoms with Crippen LogP contribution in [0.3, 0.4) is 0 Å². The lowest BCUT2D eigenvalue weighted by molar-refractivity contribution is 0.411. The maximum Gasteiger partial charge on any atom is 0.153 e. The third-order valence-corrected chi connectivity index (χ3v) is 2.26. The van der Waals surface area contributed by atoms with E-state index in [1.165, 1.54) is 19.2 Å². The number of halogens is 2. The van der Waals surface area contributed by atoms with Crippen molar-refractivity contribution in [3.05, 3.63) is 42.1 Å². The van der Waals surface area contributed by atoms with Crippen molar-refractivity contribution >= 4 is 0 Å². The van der Waals surface area contributed by atoms with E-state index in [1.807, 2.05) is 0 Å². The number of aromatic nitrogens is 1. The van der Waals surface area contributed by atoms with Crippen LogP contribution in [-0.4, -0.2) is 17.2 Å². The van der Waals surface area contributed by atoms with Crippen molar-refractivity contribution in [1.82, 2.24) is 4.98 Å². The van der Waals surface area contributed by atoms with Gasteiger partial charge in [0.25, 0.3) is 0 Å². The monoisotopic (exact) mass is 237 g/mol. The van der Waals surface area contributed by atoms with Gasteiger partial charge in [0.15, 0.2) is 5.82 Å². The van der Waals surface area contributed by atoms with Crippen molar-refractivity contribution in [3.8, 4) is 22.8 Å². The number of aromatic hydroxyl groups is 1. The molecule has 0 amide bonds. The second-order valence-electron chi connectivity index (χ2n) is 3.37. The maximum atomic E-state index is 13.7. The van der Waals surface area contributed by atoms with Gasteiger partial charge in [-0.05, 0) is 12.1 Å². The zero-order valence-corrected chi connectivity index (χ0v) is 8.95.